The van der Waals surface area contributed by atoms with Gasteiger partial charge in [-0.2, -0.15) is 0 Å². The largest absolute Gasteiger partial charge is 0.508 e. The van der Waals surface area contributed by atoms with Crippen molar-refractivity contribution in [2.24, 2.45) is 0 Å². The van der Waals surface area contributed by atoms with Crippen LogP contribution in [0.5, 0.6) is 5.75 Å². The highest BCUT2D eigenvalue weighted by Crippen LogP contribution is 2.26. The maximum Gasteiger partial charge on any atom is 0.408 e. The number of nitrogens with one attached hydrogen (secondary N) is 2. The molecular weight excluding hydrogens is 482 g/mol. The van der Waals surface area contributed by atoms with E-state index in [1.165, 1.54) is 17.0 Å². The van der Waals surface area contributed by atoms with Gasteiger partial charge in [0, 0.05) is 13.1 Å². The molecule has 2 aromatic rings. The Labute approximate surface area is 226 Å². The first-order valence-electron chi connectivity index (χ1n) is 13.5. The number of aromatic hydroxyl groups is 1. The summed E-state index contributed by atoms with van der Waals surface area (Å²) in [6.07, 6.45) is 5.40. The summed E-state index contributed by atoms with van der Waals surface area (Å²) < 4.78 is 5.27. The molecule has 0 fully saturated rings. The second kappa shape index (κ2) is 15.6. The maximum atomic E-state index is 13.6. The van der Waals surface area contributed by atoms with Gasteiger partial charge in [0.2, 0.25) is 11.8 Å². The van der Waals surface area contributed by atoms with Gasteiger partial charge >= 0.3 is 6.09 Å². The van der Waals surface area contributed by atoms with Crippen molar-refractivity contribution in [2.75, 3.05) is 13.1 Å². The third-order valence-corrected chi connectivity index (χ3v) is 5.91. The van der Waals surface area contributed by atoms with Crippen LogP contribution in [0.2, 0.25) is 0 Å². The molecule has 8 heteroatoms. The molecule has 2 rings (SSSR count). The minimum Gasteiger partial charge on any atom is -0.508 e. The normalized spacial score (nSPS) is 11.9. The summed E-state index contributed by atoms with van der Waals surface area (Å²) in [5.41, 5.74) is 0.718. The van der Waals surface area contributed by atoms with E-state index in [2.05, 4.69) is 17.6 Å². The van der Waals surface area contributed by atoms with E-state index in [0.717, 1.165) is 37.7 Å². The molecule has 208 valence electrons. The Morgan fingerprint density at radius 1 is 0.921 bits per heavy atom. The zero-order chi connectivity index (χ0) is 28.0. The average molecular weight is 526 g/mol. The summed E-state index contributed by atoms with van der Waals surface area (Å²) in [6, 6.07) is 14.9. The molecule has 8 nitrogen and oxygen atoms in total. The number of hydrogen-bond donors (Lipinski definition) is 3. The lowest BCUT2D eigenvalue weighted by molar-refractivity contribution is -0.140. The molecule has 1 unspecified atom stereocenters. The number of hydrogen-bond acceptors (Lipinski definition) is 5. The van der Waals surface area contributed by atoms with E-state index in [-0.39, 0.29) is 18.2 Å². The van der Waals surface area contributed by atoms with Crippen molar-refractivity contribution in [3.05, 3.63) is 65.7 Å². The lowest BCUT2D eigenvalue weighted by Crippen LogP contribution is -2.48. The van der Waals surface area contributed by atoms with Crippen LogP contribution < -0.4 is 10.6 Å². The van der Waals surface area contributed by atoms with E-state index in [1.807, 2.05) is 30.3 Å². The Hall–Kier alpha value is -3.55. The minimum absolute atomic E-state index is 0.00204. The molecular formula is C30H43N3O5. The average Bonchev–Trinajstić information content (AvgIpc) is 2.87. The van der Waals surface area contributed by atoms with Gasteiger partial charge in [-0.1, -0.05) is 81.5 Å². The number of carbonyl (C=O) groups is 3. The van der Waals surface area contributed by atoms with Gasteiger partial charge in [-0.3, -0.25) is 9.59 Å². The molecule has 0 heterocycles. The Morgan fingerprint density at radius 3 is 2.26 bits per heavy atom. The van der Waals surface area contributed by atoms with Crippen molar-refractivity contribution in [1.29, 1.82) is 0 Å². The lowest BCUT2D eigenvalue weighted by Gasteiger charge is -2.32. The molecule has 0 aliphatic rings. The Kier molecular flexibility index (Phi) is 12.6. The van der Waals surface area contributed by atoms with Crippen molar-refractivity contribution in [3.8, 4) is 5.75 Å². The van der Waals surface area contributed by atoms with Gasteiger partial charge in [-0.15, -0.1) is 0 Å². The Bertz CT molecular complexity index is 1020. The van der Waals surface area contributed by atoms with Crippen LogP contribution in [0.1, 0.15) is 83.4 Å². The standard InChI is InChI=1S/C30H43N3O5/c1-5-6-7-8-9-13-19-33(26(35)22-32-29(37)38-30(2,3)4)27(24-17-14-18-25(34)20-24)28(36)31-21-23-15-11-10-12-16-23/h10-12,14-18,20,27,34H,5-9,13,19,21-22H2,1-4H3,(H,31,36)(H,32,37). The van der Waals surface area contributed by atoms with E-state index in [4.69, 9.17) is 4.74 Å². The quantitative estimate of drug-likeness (QED) is 0.284. The number of carbonyl (C=O) groups excluding carboxylic acids is 3. The number of nitrogens with zero attached hydrogens (tertiary/aromatic N) is 1. The monoisotopic (exact) mass is 525 g/mol. The fourth-order valence-electron chi connectivity index (χ4n) is 4.07. The number of ether oxygens (including phenoxy) is 1. The number of phenols is 1. The molecule has 0 bridgehead atoms. The molecule has 2 aromatic carbocycles. The Balaban J connectivity index is 2.26. The molecule has 0 aliphatic heterocycles. The second-order valence-electron chi connectivity index (χ2n) is 10.4. The predicted molar refractivity (Wildman–Crippen MR) is 148 cm³/mol. The number of unbranched alkanes of at least 4 members (excludes halogenated alkanes) is 5. The highest BCUT2D eigenvalue weighted by atomic mass is 16.6. The molecule has 0 aliphatic carbocycles. The van der Waals surface area contributed by atoms with E-state index in [9.17, 15) is 19.5 Å². The SMILES string of the molecule is CCCCCCCCN(C(=O)CNC(=O)OC(C)(C)C)C(C(=O)NCc1ccccc1)c1cccc(O)c1. The topological polar surface area (TPSA) is 108 Å². The molecule has 0 saturated heterocycles. The molecule has 0 saturated carbocycles. The highest BCUT2D eigenvalue weighted by Gasteiger charge is 2.31. The van der Waals surface area contributed by atoms with Gasteiger partial charge in [0.05, 0.1) is 0 Å². The van der Waals surface area contributed by atoms with Crippen LogP contribution in [0.3, 0.4) is 0 Å². The summed E-state index contributed by atoms with van der Waals surface area (Å²) in [5.74, 6) is -0.772. The molecule has 1 atom stereocenters. The highest BCUT2D eigenvalue weighted by molar-refractivity contribution is 5.90. The first-order chi connectivity index (χ1) is 18.1. The minimum atomic E-state index is -0.977. The van der Waals surface area contributed by atoms with E-state index >= 15 is 0 Å². The van der Waals surface area contributed by atoms with E-state index in [1.54, 1.807) is 32.9 Å². The first-order valence-corrected chi connectivity index (χ1v) is 13.5. The smallest absolute Gasteiger partial charge is 0.408 e. The number of amides is 3. The van der Waals surface area contributed by atoms with Crippen LogP contribution in [-0.4, -0.2) is 46.6 Å². The molecule has 38 heavy (non-hydrogen) atoms. The number of benzene rings is 2. The zero-order valence-corrected chi connectivity index (χ0v) is 23.2. The fourth-order valence-corrected chi connectivity index (χ4v) is 4.07. The van der Waals surface area contributed by atoms with Crippen LogP contribution in [0, 0.1) is 0 Å². The van der Waals surface area contributed by atoms with E-state index in [0.29, 0.717) is 25.1 Å². The van der Waals surface area contributed by atoms with Crippen LogP contribution in [0.4, 0.5) is 4.79 Å². The van der Waals surface area contributed by atoms with Gasteiger partial charge in [0.25, 0.3) is 0 Å². The molecule has 3 amide bonds. The van der Waals surface area contributed by atoms with Crippen LogP contribution in [0.25, 0.3) is 0 Å². The van der Waals surface area contributed by atoms with Crippen molar-refractivity contribution in [1.82, 2.24) is 15.5 Å². The molecule has 3 N–H and O–H groups in total. The fraction of sp³-hybridized carbons (Fsp3) is 0.500. The zero-order valence-electron chi connectivity index (χ0n) is 23.2. The summed E-state index contributed by atoms with van der Waals surface area (Å²) in [6.45, 7) is 7.71. The predicted octanol–water partition coefficient (Wildman–Crippen LogP) is 5.46. The van der Waals surface area contributed by atoms with Gasteiger partial charge in [0.1, 0.15) is 23.9 Å². The van der Waals surface area contributed by atoms with Crippen LogP contribution >= 0.6 is 0 Å². The second-order valence-corrected chi connectivity index (χ2v) is 10.4. The van der Waals surface area contributed by atoms with Crippen molar-refractivity contribution in [2.45, 2.75) is 84.4 Å². The Morgan fingerprint density at radius 2 is 1.61 bits per heavy atom. The number of rotatable bonds is 14. The first kappa shape index (κ1) is 30.7. The lowest BCUT2D eigenvalue weighted by atomic mass is 10.0. The summed E-state index contributed by atoms with van der Waals surface area (Å²) in [4.78, 5) is 40.7. The number of phenolic OH excluding ortho intramolecular Hbond substituents is 1. The summed E-state index contributed by atoms with van der Waals surface area (Å²) in [7, 11) is 0. The van der Waals surface area contributed by atoms with Crippen molar-refractivity contribution in [3.63, 3.8) is 0 Å². The molecule has 0 aromatic heterocycles. The van der Waals surface area contributed by atoms with Crippen molar-refractivity contribution < 1.29 is 24.2 Å². The molecule has 0 radical (unpaired) electrons. The summed E-state index contributed by atoms with van der Waals surface area (Å²) in [5, 5.41) is 15.6. The van der Waals surface area contributed by atoms with Crippen LogP contribution in [-0.2, 0) is 20.9 Å². The third kappa shape index (κ3) is 11.2. The maximum absolute atomic E-state index is 13.6. The molecule has 0 spiro atoms. The van der Waals surface area contributed by atoms with Gasteiger partial charge in [-0.25, -0.2) is 4.79 Å². The van der Waals surface area contributed by atoms with Gasteiger partial charge in [0.15, 0.2) is 0 Å². The third-order valence-electron chi connectivity index (χ3n) is 5.91. The van der Waals surface area contributed by atoms with Crippen molar-refractivity contribution >= 4 is 17.9 Å². The van der Waals surface area contributed by atoms with Crippen LogP contribution in [0.15, 0.2) is 54.6 Å². The van der Waals surface area contributed by atoms with E-state index < -0.39 is 23.6 Å². The van der Waals surface area contributed by atoms with Gasteiger partial charge < -0.3 is 25.4 Å². The summed E-state index contributed by atoms with van der Waals surface area (Å²) >= 11 is 0. The number of alkyl carbamates (subject to hydrolysis) is 1. The van der Waals surface area contributed by atoms with Gasteiger partial charge in [-0.05, 0) is 50.5 Å².